The molecule has 5 heteroatoms. The van der Waals surface area contributed by atoms with Gasteiger partial charge in [0.2, 0.25) is 5.91 Å². The van der Waals surface area contributed by atoms with Gasteiger partial charge in [0, 0.05) is 18.6 Å². The molecule has 2 atom stereocenters. The van der Waals surface area contributed by atoms with E-state index in [4.69, 9.17) is 10.5 Å². The molecule has 0 radical (unpaired) electrons. The standard InChI is InChI=1S/C15H31N3O2/c1-11(2)17-15(14(16)19)7-6-13(10-15)18(5)8-9-20-12(3)4/h11-13,17H,6-10H2,1-5H3,(H2,16,19). The number of carbonyl (C=O) groups excluding carboxylic acids is 1. The number of likely N-dealkylation sites (N-methyl/N-ethyl adjacent to an activating group) is 1. The van der Waals surface area contributed by atoms with Gasteiger partial charge in [-0.3, -0.25) is 4.79 Å². The molecule has 1 amide bonds. The number of ether oxygens (including phenoxy) is 1. The summed E-state index contributed by atoms with van der Waals surface area (Å²) in [5, 5.41) is 3.38. The Morgan fingerprint density at radius 2 is 2.10 bits per heavy atom. The van der Waals surface area contributed by atoms with E-state index in [1.54, 1.807) is 0 Å². The van der Waals surface area contributed by atoms with E-state index in [0.717, 1.165) is 32.4 Å². The van der Waals surface area contributed by atoms with Crippen molar-refractivity contribution in [3.63, 3.8) is 0 Å². The van der Waals surface area contributed by atoms with Crippen molar-refractivity contribution < 1.29 is 9.53 Å². The molecule has 0 aromatic rings. The minimum atomic E-state index is -0.536. The summed E-state index contributed by atoms with van der Waals surface area (Å²) in [4.78, 5) is 14.1. The number of primary amides is 1. The molecule has 0 saturated heterocycles. The van der Waals surface area contributed by atoms with E-state index in [0.29, 0.717) is 6.04 Å². The number of nitrogens with two attached hydrogens (primary N) is 1. The molecule has 1 saturated carbocycles. The Labute approximate surface area is 123 Å². The van der Waals surface area contributed by atoms with Crippen LogP contribution in [-0.2, 0) is 9.53 Å². The fourth-order valence-electron chi connectivity index (χ4n) is 2.99. The third-order valence-corrected chi connectivity index (χ3v) is 4.04. The summed E-state index contributed by atoms with van der Waals surface area (Å²) in [5.41, 5.74) is 5.10. The van der Waals surface area contributed by atoms with Crippen molar-refractivity contribution in [3.05, 3.63) is 0 Å². The topological polar surface area (TPSA) is 67.6 Å². The Morgan fingerprint density at radius 3 is 2.60 bits per heavy atom. The fourth-order valence-corrected chi connectivity index (χ4v) is 2.99. The molecule has 0 heterocycles. The largest absolute Gasteiger partial charge is 0.377 e. The van der Waals surface area contributed by atoms with Gasteiger partial charge in [0.1, 0.15) is 0 Å². The first kappa shape index (κ1) is 17.4. The highest BCUT2D eigenvalue weighted by Gasteiger charge is 2.45. The van der Waals surface area contributed by atoms with E-state index in [1.165, 1.54) is 0 Å². The number of carbonyl (C=O) groups is 1. The fraction of sp³-hybridized carbons (Fsp3) is 0.933. The van der Waals surface area contributed by atoms with Crippen molar-refractivity contribution in [2.75, 3.05) is 20.2 Å². The lowest BCUT2D eigenvalue weighted by atomic mass is 9.95. The molecule has 118 valence electrons. The van der Waals surface area contributed by atoms with Gasteiger partial charge in [0.05, 0.1) is 18.2 Å². The number of rotatable bonds is 8. The van der Waals surface area contributed by atoms with Crippen LogP contribution in [0.3, 0.4) is 0 Å². The SMILES string of the molecule is CC(C)NC1(C(N)=O)CCC(N(C)CCOC(C)C)C1. The van der Waals surface area contributed by atoms with Crippen LogP contribution in [0.1, 0.15) is 47.0 Å². The van der Waals surface area contributed by atoms with Crippen LogP contribution < -0.4 is 11.1 Å². The molecule has 0 aromatic carbocycles. The van der Waals surface area contributed by atoms with E-state index in [9.17, 15) is 4.79 Å². The molecule has 3 N–H and O–H groups in total. The average Bonchev–Trinajstić information content (AvgIpc) is 2.73. The maximum atomic E-state index is 11.8. The molecule has 20 heavy (non-hydrogen) atoms. The van der Waals surface area contributed by atoms with E-state index in [2.05, 4.69) is 31.1 Å². The van der Waals surface area contributed by atoms with Gasteiger partial charge in [-0.25, -0.2) is 0 Å². The maximum absolute atomic E-state index is 11.8. The predicted molar refractivity (Wildman–Crippen MR) is 81.6 cm³/mol. The van der Waals surface area contributed by atoms with Gasteiger partial charge >= 0.3 is 0 Å². The quantitative estimate of drug-likeness (QED) is 0.701. The van der Waals surface area contributed by atoms with Crippen LogP contribution in [0.2, 0.25) is 0 Å². The highest BCUT2D eigenvalue weighted by Crippen LogP contribution is 2.33. The van der Waals surface area contributed by atoms with Gasteiger partial charge < -0.3 is 20.7 Å². The summed E-state index contributed by atoms with van der Waals surface area (Å²) in [6, 6.07) is 0.653. The van der Waals surface area contributed by atoms with Crippen molar-refractivity contribution in [2.45, 2.75) is 70.7 Å². The number of hydrogen-bond donors (Lipinski definition) is 2. The molecule has 0 aliphatic heterocycles. The zero-order chi connectivity index (χ0) is 15.3. The first-order chi connectivity index (χ1) is 9.27. The molecule has 1 fully saturated rings. The third-order valence-electron chi connectivity index (χ3n) is 4.04. The zero-order valence-corrected chi connectivity index (χ0v) is 13.6. The van der Waals surface area contributed by atoms with Crippen LogP contribution in [0.5, 0.6) is 0 Å². The second kappa shape index (κ2) is 7.38. The molecule has 0 aromatic heterocycles. The molecule has 5 nitrogen and oxygen atoms in total. The van der Waals surface area contributed by atoms with E-state index in [1.807, 2.05) is 13.8 Å². The molecule has 0 bridgehead atoms. The van der Waals surface area contributed by atoms with Crippen LogP contribution in [0, 0.1) is 0 Å². The molecule has 0 spiro atoms. The number of nitrogens with zero attached hydrogens (tertiary/aromatic N) is 1. The van der Waals surface area contributed by atoms with Gasteiger partial charge in [-0.2, -0.15) is 0 Å². The Morgan fingerprint density at radius 1 is 1.45 bits per heavy atom. The van der Waals surface area contributed by atoms with Crippen LogP contribution in [-0.4, -0.2) is 54.7 Å². The van der Waals surface area contributed by atoms with Crippen LogP contribution >= 0.6 is 0 Å². The first-order valence-electron chi connectivity index (χ1n) is 7.66. The van der Waals surface area contributed by atoms with E-state index < -0.39 is 5.54 Å². The Hall–Kier alpha value is -0.650. The summed E-state index contributed by atoms with van der Waals surface area (Å²) in [5.74, 6) is -0.222. The van der Waals surface area contributed by atoms with Crippen molar-refractivity contribution in [1.82, 2.24) is 10.2 Å². The van der Waals surface area contributed by atoms with Crippen molar-refractivity contribution in [2.24, 2.45) is 5.73 Å². The lowest BCUT2D eigenvalue weighted by Gasteiger charge is -2.31. The van der Waals surface area contributed by atoms with Gasteiger partial charge in [-0.1, -0.05) is 0 Å². The van der Waals surface area contributed by atoms with Crippen LogP contribution in [0.25, 0.3) is 0 Å². The van der Waals surface area contributed by atoms with E-state index >= 15 is 0 Å². The zero-order valence-electron chi connectivity index (χ0n) is 13.6. The van der Waals surface area contributed by atoms with Gasteiger partial charge in [0.15, 0.2) is 0 Å². The highest BCUT2D eigenvalue weighted by molar-refractivity contribution is 5.85. The van der Waals surface area contributed by atoms with E-state index in [-0.39, 0.29) is 18.1 Å². The van der Waals surface area contributed by atoms with Crippen molar-refractivity contribution in [3.8, 4) is 0 Å². The highest BCUT2D eigenvalue weighted by atomic mass is 16.5. The summed E-state index contributed by atoms with van der Waals surface area (Å²) in [6.07, 6.45) is 2.87. The van der Waals surface area contributed by atoms with Gasteiger partial charge in [-0.05, 0) is 54.0 Å². The Kier molecular flexibility index (Phi) is 6.43. The number of nitrogens with one attached hydrogen (secondary N) is 1. The van der Waals surface area contributed by atoms with Gasteiger partial charge in [0.25, 0.3) is 0 Å². The third kappa shape index (κ3) is 4.72. The molecule has 1 aliphatic rings. The minimum Gasteiger partial charge on any atom is -0.377 e. The van der Waals surface area contributed by atoms with Crippen molar-refractivity contribution in [1.29, 1.82) is 0 Å². The molecule has 1 aliphatic carbocycles. The van der Waals surface area contributed by atoms with Crippen LogP contribution in [0.4, 0.5) is 0 Å². The molecule has 2 unspecified atom stereocenters. The predicted octanol–water partition coefficient (Wildman–Crippen LogP) is 1.12. The average molecular weight is 285 g/mol. The smallest absolute Gasteiger partial charge is 0.237 e. The number of hydrogen-bond acceptors (Lipinski definition) is 4. The Balaban J connectivity index is 2.53. The van der Waals surface area contributed by atoms with Crippen LogP contribution in [0.15, 0.2) is 0 Å². The van der Waals surface area contributed by atoms with Crippen molar-refractivity contribution >= 4 is 5.91 Å². The lowest BCUT2D eigenvalue weighted by Crippen LogP contribution is -2.56. The lowest BCUT2D eigenvalue weighted by molar-refractivity contribution is -0.124. The second-order valence-electron chi connectivity index (χ2n) is 6.54. The molecular formula is C15H31N3O2. The van der Waals surface area contributed by atoms with Gasteiger partial charge in [-0.15, -0.1) is 0 Å². The molecule has 1 rings (SSSR count). The summed E-state index contributed by atoms with van der Waals surface area (Å²) < 4.78 is 5.59. The first-order valence-corrected chi connectivity index (χ1v) is 7.66. The minimum absolute atomic E-state index is 0.222. The Bertz CT molecular complexity index is 320. The maximum Gasteiger partial charge on any atom is 0.237 e. The summed E-state index contributed by atoms with van der Waals surface area (Å²) in [7, 11) is 2.10. The summed E-state index contributed by atoms with van der Waals surface area (Å²) in [6.45, 7) is 9.81. The number of amides is 1. The second-order valence-corrected chi connectivity index (χ2v) is 6.54. The molecular weight excluding hydrogens is 254 g/mol. The summed E-state index contributed by atoms with van der Waals surface area (Å²) >= 11 is 0. The monoisotopic (exact) mass is 285 g/mol. The normalized spacial score (nSPS) is 26.9.